The number of carbonyl (C=O) groups is 1. The molecule has 0 unspecified atom stereocenters. The molecule has 9 heteroatoms. The number of nitrogens with one attached hydrogen (secondary N) is 1. The minimum atomic E-state index is -0.168. The Morgan fingerprint density at radius 2 is 2.14 bits per heavy atom. The third kappa shape index (κ3) is 3.64. The lowest BCUT2D eigenvalue weighted by Crippen LogP contribution is -2.13. The summed E-state index contributed by atoms with van der Waals surface area (Å²) in [6, 6.07) is 3.55. The molecule has 0 saturated heterocycles. The van der Waals surface area contributed by atoms with Crippen molar-refractivity contribution in [3.8, 4) is 11.5 Å². The fraction of sp³-hybridized carbons (Fsp3) is 0.0833. The van der Waals surface area contributed by atoms with Crippen LogP contribution < -0.4 is 5.32 Å². The average molecular weight is 319 g/mol. The van der Waals surface area contributed by atoms with Gasteiger partial charge >= 0.3 is 0 Å². The molecule has 21 heavy (non-hydrogen) atoms. The van der Waals surface area contributed by atoms with Gasteiger partial charge in [-0.1, -0.05) is 11.8 Å². The molecule has 1 amide bonds. The minimum Gasteiger partial charge on any atom is -0.411 e. The number of anilines is 1. The van der Waals surface area contributed by atoms with Crippen LogP contribution in [-0.4, -0.2) is 31.8 Å². The van der Waals surface area contributed by atoms with Crippen molar-refractivity contribution < 1.29 is 9.21 Å². The summed E-state index contributed by atoms with van der Waals surface area (Å²) in [6.07, 6.45) is 4.92. The monoisotopic (exact) mass is 319 g/mol. The van der Waals surface area contributed by atoms with E-state index in [4.69, 9.17) is 4.42 Å². The Labute approximate surface area is 127 Å². The van der Waals surface area contributed by atoms with Gasteiger partial charge in [-0.2, -0.15) is 0 Å². The van der Waals surface area contributed by atoms with E-state index in [0.29, 0.717) is 16.2 Å². The smallest absolute Gasteiger partial charge is 0.277 e. The number of hydrogen-bond donors (Lipinski definition) is 1. The van der Waals surface area contributed by atoms with Gasteiger partial charge in [0.2, 0.25) is 11.8 Å². The average Bonchev–Trinajstić information content (AvgIpc) is 3.17. The summed E-state index contributed by atoms with van der Waals surface area (Å²) in [4.78, 5) is 19.6. The molecular formula is C12H9N5O2S2. The van der Waals surface area contributed by atoms with Crippen LogP contribution in [0.3, 0.4) is 0 Å². The Hall–Kier alpha value is -2.26. The van der Waals surface area contributed by atoms with Crippen molar-refractivity contribution in [2.24, 2.45) is 0 Å². The normalized spacial score (nSPS) is 10.5. The molecule has 0 atom stereocenters. The first-order valence-corrected chi connectivity index (χ1v) is 7.74. The van der Waals surface area contributed by atoms with E-state index in [1.54, 1.807) is 36.1 Å². The Bertz CT molecular complexity index is 714. The van der Waals surface area contributed by atoms with Crippen LogP contribution in [0, 0.1) is 0 Å². The zero-order valence-electron chi connectivity index (χ0n) is 10.6. The Morgan fingerprint density at radius 1 is 1.29 bits per heavy atom. The van der Waals surface area contributed by atoms with Gasteiger partial charge in [0.1, 0.15) is 0 Å². The lowest BCUT2D eigenvalue weighted by Gasteiger charge is -1.98. The second-order valence-electron chi connectivity index (χ2n) is 3.78. The zero-order valence-corrected chi connectivity index (χ0v) is 12.2. The number of rotatable bonds is 5. The summed E-state index contributed by atoms with van der Waals surface area (Å²) in [5, 5.41) is 13.2. The van der Waals surface area contributed by atoms with Crippen molar-refractivity contribution in [2.75, 3.05) is 11.1 Å². The summed E-state index contributed by atoms with van der Waals surface area (Å²) in [7, 11) is 0. The molecule has 1 N–H and O–H groups in total. The highest BCUT2D eigenvalue weighted by atomic mass is 32.2. The van der Waals surface area contributed by atoms with E-state index in [1.165, 1.54) is 23.1 Å². The predicted octanol–water partition coefficient (Wildman–Crippen LogP) is 2.32. The highest BCUT2D eigenvalue weighted by Gasteiger charge is 2.11. The molecule has 106 valence electrons. The predicted molar refractivity (Wildman–Crippen MR) is 79.0 cm³/mol. The van der Waals surface area contributed by atoms with Crippen LogP contribution in [0.2, 0.25) is 0 Å². The number of pyridine rings is 1. The highest BCUT2D eigenvalue weighted by molar-refractivity contribution is 7.99. The largest absolute Gasteiger partial charge is 0.411 e. The number of thiazole rings is 1. The van der Waals surface area contributed by atoms with Crippen LogP contribution in [0.25, 0.3) is 11.5 Å². The fourth-order valence-corrected chi connectivity index (χ4v) is 2.56. The van der Waals surface area contributed by atoms with Crippen LogP contribution in [0.1, 0.15) is 0 Å². The van der Waals surface area contributed by atoms with E-state index >= 15 is 0 Å². The topological polar surface area (TPSA) is 93.8 Å². The van der Waals surface area contributed by atoms with E-state index in [0.717, 1.165) is 5.56 Å². The van der Waals surface area contributed by atoms with Crippen LogP contribution in [0.5, 0.6) is 0 Å². The van der Waals surface area contributed by atoms with Gasteiger partial charge in [-0.15, -0.1) is 21.5 Å². The van der Waals surface area contributed by atoms with E-state index in [9.17, 15) is 4.79 Å². The van der Waals surface area contributed by atoms with Crippen LogP contribution in [0.4, 0.5) is 5.13 Å². The van der Waals surface area contributed by atoms with Gasteiger partial charge in [0.05, 0.1) is 5.75 Å². The standard InChI is InChI=1S/C12H9N5O2S2/c18-9(15-11-14-5-6-20-11)7-21-12-17-16-10(19-12)8-1-3-13-4-2-8/h1-6H,7H2,(H,14,15,18). The molecule has 0 saturated carbocycles. The molecule has 0 aliphatic carbocycles. The fourth-order valence-electron chi connectivity index (χ4n) is 1.45. The molecule has 7 nitrogen and oxygen atoms in total. The SMILES string of the molecule is O=C(CSc1nnc(-c2ccncc2)o1)Nc1nccs1. The van der Waals surface area contributed by atoms with Gasteiger partial charge in [0.25, 0.3) is 5.22 Å². The Kier molecular flexibility index (Phi) is 4.22. The van der Waals surface area contributed by atoms with Gasteiger partial charge in [0, 0.05) is 29.5 Å². The number of amides is 1. The Balaban J connectivity index is 1.56. The summed E-state index contributed by atoms with van der Waals surface area (Å²) < 4.78 is 5.48. The molecule has 0 aromatic carbocycles. The van der Waals surface area contributed by atoms with Crippen molar-refractivity contribution in [2.45, 2.75) is 5.22 Å². The molecule has 3 aromatic rings. The van der Waals surface area contributed by atoms with Gasteiger partial charge < -0.3 is 9.73 Å². The number of nitrogens with zero attached hydrogens (tertiary/aromatic N) is 4. The number of thioether (sulfide) groups is 1. The maximum Gasteiger partial charge on any atom is 0.277 e. The van der Waals surface area contributed by atoms with E-state index in [-0.39, 0.29) is 11.7 Å². The number of carbonyl (C=O) groups excluding carboxylic acids is 1. The lowest BCUT2D eigenvalue weighted by atomic mass is 10.3. The van der Waals surface area contributed by atoms with E-state index in [1.807, 2.05) is 0 Å². The lowest BCUT2D eigenvalue weighted by molar-refractivity contribution is -0.113. The summed E-state index contributed by atoms with van der Waals surface area (Å²) in [5.74, 6) is 0.413. The molecule has 0 spiro atoms. The minimum absolute atomic E-state index is 0.168. The van der Waals surface area contributed by atoms with Crippen molar-refractivity contribution in [3.63, 3.8) is 0 Å². The van der Waals surface area contributed by atoms with Gasteiger partial charge in [-0.3, -0.25) is 9.78 Å². The summed E-state index contributed by atoms with van der Waals surface area (Å²) >= 11 is 2.54. The van der Waals surface area contributed by atoms with Gasteiger partial charge in [-0.25, -0.2) is 4.98 Å². The molecule has 0 radical (unpaired) electrons. The zero-order chi connectivity index (χ0) is 14.5. The first kappa shape index (κ1) is 13.7. The van der Waals surface area contributed by atoms with Crippen LogP contribution >= 0.6 is 23.1 Å². The van der Waals surface area contributed by atoms with Gasteiger partial charge in [-0.05, 0) is 12.1 Å². The third-order valence-corrected chi connectivity index (χ3v) is 3.85. The van der Waals surface area contributed by atoms with Crippen molar-refractivity contribution in [1.29, 1.82) is 0 Å². The van der Waals surface area contributed by atoms with Crippen molar-refractivity contribution in [3.05, 3.63) is 36.1 Å². The first-order valence-electron chi connectivity index (χ1n) is 5.87. The maximum atomic E-state index is 11.7. The maximum absolute atomic E-state index is 11.7. The van der Waals surface area contributed by atoms with E-state index < -0.39 is 0 Å². The van der Waals surface area contributed by atoms with Crippen LogP contribution in [0.15, 0.2) is 45.7 Å². The highest BCUT2D eigenvalue weighted by Crippen LogP contribution is 2.22. The second-order valence-corrected chi connectivity index (χ2v) is 5.60. The van der Waals surface area contributed by atoms with Crippen molar-refractivity contribution in [1.82, 2.24) is 20.2 Å². The van der Waals surface area contributed by atoms with E-state index in [2.05, 4.69) is 25.5 Å². The molecule has 3 rings (SSSR count). The quantitative estimate of drug-likeness (QED) is 0.721. The first-order chi connectivity index (χ1) is 10.3. The Morgan fingerprint density at radius 3 is 2.90 bits per heavy atom. The molecule has 0 aliphatic heterocycles. The molecule has 0 aliphatic rings. The molecule has 3 aromatic heterocycles. The number of hydrogen-bond acceptors (Lipinski definition) is 8. The second kappa shape index (κ2) is 6.46. The molecule has 0 fully saturated rings. The summed E-state index contributed by atoms with van der Waals surface area (Å²) in [6.45, 7) is 0. The summed E-state index contributed by atoms with van der Waals surface area (Å²) in [5.41, 5.74) is 0.789. The third-order valence-electron chi connectivity index (χ3n) is 2.34. The molecule has 0 bridgehead atoms. The van der Waals surface area contributed by atoms with Crippen molar-refractivity contribution >= 4 is 34.1 Å². The molecular weight excluding hydrogens is 310 g/mol. The number of aromatic nitrogens is 4. The van der Waals surface area contributed by atoms with Gasteiger partial charge in [0.15, 0.2) is 5.13 Å². The van der Waals surface area contributed by atoms with Crippen LogP contribution in [-0.2, 0) is 4.79 Å². The molecule has 3 heterocycles.